The zero-order valence-electron chi connectivity index (χ0n) is 20.4. The highest BCUT2D eigenvalue weighted by atomic mass is 16.5. The van der Waals surface area contributed by atoms with E-state index in [9.17, 15) is 10.2 Å². The molecule has 32 heavy (non-hydrogen) atoms. The molecule has 0 radical (unpaired) electrons. The van der Waals surface area contributed by atoms with Gasteiger partial charge in [0.05, 0.1) is 0 Å². The summed E-state index contributed by atoms with van der Waals surface area (Å²) in [6.07, 6.45) is 6.32. The SMILES string of the molecule is C[C@@H]1CCC[C@@H](C)N1C[C@H](O)COc1ccc(OC[C@H](O)CN2[C@H](C)CCC[C@@H]2C)cc1. The normalized spacial score (nSPS) is 29.4. The number of hydrogen-bond donors (Lipinski definition) is 2. The molecule has 2 aliphatic heterocycles. The first-order valence-electron chi connectivity index (χ1n) is 12.6. The third kappa shape index (κ3) is 7.34. The lowest BCUT2D eigenvalue weighted by atomic mass is 9.97. The third-order valence-corrected chi connectivity index (χ3v) is 7.30. The van der Waals surface area contributed by atoms with Gasteiger partial charge in [-0.3, -0.25) is 9.80 Å². The van der Waals surface area contributed by atoms with E-state index >= 15 is 0 Å². The van der Waals surface area contributed by atoms with Crippen LogP contribution in [0.5, 0.6) is 11.5 Å². The highest BCUT2D eigenvalue weighted by Gasteiger charge is 2.27. The van der Waals surface area contributed by atoms with E-state index < -0.39 is 12.2 Å². The summed E-state index contributed by atoms with van der Waals surface area (Å²) >= 11 is 0. The van der Waals surface area contributed by atoms with Crippen molar-refractivity contribution >= 4 is 0 Å². The van der Waals surface area contributed by atoms with Crippen LogP contribution in [0.3, 0.4) is 0 Å². The summed E-state index contributed by atoms with van der Waals surface area (Å²) in [5.41, 5.74) is 0. The minimum atomic E-state index is -0.511. The molecule has 6 atom stereocenters. The van der Waals surface area contributed by atoms with Crippen LogP contribution in [0.2, 0.25) is 0 Å². The van der Waals surface area contributed by atoms with Crippen LogP contribution in [0.4, 0.5) is 0 Å². The fraction of sp³-hybridized carbons (Fsp3) is 0.769. The Bertz CT molecular complexity index is 593. The highest BCUT2D eigenvalue weighted by molar-refractivity contribution is 5.31. The van der Waals surface area contributed by atoms with Gasteiger partial charge < -0.3 is 19.7 Å². The molecule has 2 saturated heterocycles. The molecule has 0 amide bonds. The van der Waals surface area contributed by atoms with E-state index in [1.807, 2.05) is 24.3 Å². The van der Waals surface area contributed by atoms with Gasteiger partial charge in [-0.15, -0.1) is 0 Å². The van der Waals surface area contributed by atoms with Crippen LogP contribution in [-0.4, -0.2) is 82.7 Å². The molecular weight excluding hydrogens is 404 g/mol. The van der Waals surface area contributed by atoms with E-state index in [1.54, 1.807) is 0 Å². The standard InChI is InChI=1S/C26H44N2O4/c1-19-7-5-8-20(2)27(19)15-23(29)17-31-25-11-13-26(14-12-25)32-18-24(30)16-28-21(3)9-6-10-22(28)4/h11-14,19-24,29-30H,5-10,15-18H2,1-4H3/t19-,20-,21-,22+,23+,24-/m1/s1. The minimum absolute atomic E-state index is 0.279. The van der Waals surface area contributed by atoms with Gasteiger partial charge in [0, 0.05) is 37.3 Å². The fourth-order valence-corrected chi connectivity index (χ4v) is 5.28. The number of ether oxygens (including phenoxy) is 2. The number of β-amino-alcohol motifs (C(OH)–C–C–N with tert-alkyl or cyclic N) is 2. The number of nitrogens with zero attached hydrogens (tertiary/aromatic N) is 2. The zero-order valence-corrected chi connectivity index (χ0v) is 20.4. The first-order valence-corrected chi connectivity index (χ1v) is 12.6. The van der Waals surface area contributed by atoms with E-state index in [0.717, 1.165) is 0 Å². The lowest BCUT2D eigenvalue weighted by Gasteiger charge is -2.40. The number of likely N-dealkylation sites (tertiary alicyclic amines) is 2. The molecule has 3 rings (SSSR count). The number of rotatable bonds is 10. The van der Waals surface area contributed by atoms with Gasteiger partial charge in [-0.1, -0.05) is 12.8 Å². The maximum absolute atomic E-state index is 10.4. The first-order chi connectivity index (χ1) is 15.3. The van der Waals surface area contributed by atoms with Crippen LogP contribution >= 0.6 is 0 Å². The summed E-state index contributed by atoms with van der Waals surface area (Å²) in [6, 6.07) is 9.49. The molecule has 0 aliphatic carbocycles. The Morgan fingerprint density at radius 3 is 1.31 bits per heavy atom. The van der Waals surface area contributed by atoms with Crippen molar-refractivity contribution in [3.8, 4) is 11.5 Å². The Balaban J connectivity index is 1.38. The monoisotopic (exact) mass is 448 g/mol. The van der Waals surface area contributed by atoms with Crippen molar-refractivity contribution < 1.29 is 19.7 Å². The summed E-state index contributed by atoms with van der Waals surface area (Å²) < 4.78 is 11.6. The Kier molecular flexibility index (Phi) is 9.65. The Morgan fingerprint density at radius 2 is 1.00 bits per heavy atom. The van der Waals surface area contributed by atoms with Crippen LogP contribution < -0.4 is 9.47 Å². The van der Waals surface area contributed by atoms with Crippen molar-refractivity contribution in [3.05, 3.63) is 24.3 Å². The number of aliphatic hydroxyl groups excluding tert-OH is 2. The number of hydrogen-bond acceptors (Lipinski definition) is 6. The van der Waals surface area contributed by atoms with Gasteiger partial charge in [-0.2, -0.15) is 0 Å². The lowest BCUT2D eigenvalue weighted by Crippen LogP contribution is -2.48. The molecule has 6 nitrogen and oxygen atoms in total. The van der Waals surface area contributed by atoms with Crippen molar-refractivity contribution in [2.75, 3.05) is 26.3 Å². The second-order valence-electron chi connectivity index (χ2n) is 10.1. The van der Waals surface area contributed by atoms with Crippen molar-refractivity contribution in [1.82, 2.24) is 9.80 Å². The topological polar surface area (TPSA) is 65.4 Å². The predicted molar refractivity (Wildman–Crippen MR) is 128 cm³/mol. The Hall–Kier alpha value is -1.34. The summed E-state index contributed by atoms with van der Waals surface area (Å²) in [5.74, 6) is 1.43. The van der Waals surface area contributed by atoms with Gasteiger partial charge >= 0.3 is 0 Å². The second-order valence-corrected chi connectivity index (χ2v) is 10.1. The molecule has 0 unspecified atom stereocenters. The average molecular weight is 449 g/mol. The molecule has 2 heterocycles. The van der Waals surface area contributed by atoms with Gasteiger partial charge in [-0.25, -0.2) is 0 Å². The molecule has 1 aromatic carbocycles. The largest absolute Gasteiger partial charge is 0.491 e. The number of piperidine rings is 2. The molecule has 2 N–H and O–H groups in total. The van der Waals surface area contributed by atoms with Crippen molar-refractivity contribution in [2.24, 2.45) is 0 Å². The zero-order chi connectivity index (χ0) is 23.1. The van der Waals surface area contributed by atoms with Crippen molar-refractivity contribution in [2.45, 2.75) is 103 Å². The van der Waals surface area contributed by atoms with Crippen LogP contribution in [0.25, 0.3) is 0 Å². The molecule has 0 aromatic heterocycles. The molecular formula is C26H44N2O4. The molecule has 2 aliphatic rings. The third-order valence-electron chi connectivity index (χ3n) is 7.30. The molecule has 6 heteroatoms. The summed E-state index contributed by atoms with van der Waals surface area (Å²) in [6.45, 7) is 10.8. The number of benzene rings is 1. The summed E-state index contributed by atoms with van der Waals surface area (Å²) in [5, 5.41) is 20.9. The molecule has 0 spiro atoms. The predicted octanol–water partition coefficient (Wildman–Crippen LogP) is 3.69. The Labute approximate surface area is 194 Å². The van der Waals surface area contributed by atoms with Gasteiger partial charge in [-0.05, 0) is 77.6 Å². The molecule has 182 valence electrons. The van der Waals surface area contributed by atoms with E-state index in [0.29, 0.717) is 48.8 Å². The van der Waals surface area contributed by atoms with Crippen LogP contribution in [0.1, 0.15) is 66.2 Å². The average Bonchev–Trinajstić information content (AvgIpc) is 2.77. The summed E-state index contributed by atoms with van der Waals surface area (Å²) in [4.78, 5) is 4.79. The highest BCUT2D eigenvalue weighted by Crippen LogP contribution is 2.24. The maximum atomic E-state index is 10.4. The fourth-order valence-electron chi connectivity index (χ4n) is 5.28. The van der Waals surface area contributed by atoms with Gasteiger partial charge in [0.25, 0.3) is 0 Å². The van der Waals surface area contributed by atoms with Gasteiger partial charge in [0.15, 0.2) is 0 Å². The van der Waals surface area contributed by atoms with Crippen LogP contribution in [-0.2, 0) is 0 Å². The van der Waals surface area contributed by atoms with E-state index in [2.05, 4.69) is 37.5 Å². The molecule has 0 bridgehead atoms. The lowest BCUT2D eigenvalue weighted by molar-refractivity contribution is 0.0202. The van der Waals surface area contributed by atoms with E-state index in [-0.39, 0.29) is 13.2 Å². The van der Waals surface area contributed by atoms with Crippen molar-refractivity contribution in [1.29, 1.82) is 0 Å². The first kappa shape index (κ1) is 25.3. The quantitative estimate of drug-likeness (QED) is 0.569. The van der Waals surface area contributed by atoms with Crippen LogP contribution in [0, 0.1) is 0 Å². The Morgan fingerprint density at radius 1 is 0.688 bits per heavy atom. The summed E-state index contributed by atoms with van der Waals surface area (Å²) in [7, 11) is 0. The molecule has 2 fully saturated rings. The number of aliphatic hydroxyl groups is 2. The second kappa shape index (κ2) is 12.2. The van der Waals surface area contributed by atoms with Crippen LogP contribution in [0.15, 0.2) is 24.3 Å². The molecule has 1 aromatic rings. The molecule has 0 saturated carbocycles. The van der Waals surface area contributed by atoms with Gasteiger partial charge in [0.1, 0.15) is 36.9 Å². The van der Waals surface area contributed by atoms with Crippen molar-refractivity contribution in [3.63, 3.8) is 0 Å². The maximum Gasteiger partial charge on any atom is 0.119 e. The minimum Gasteiger partial charge on any atom is -0.491 e. The van der Waals surface area contributed by atoms with E-state index in [1.165, 1.54) is 38.5 Å². The van der Waals surface area contributed by atoms with Gasteiger partial charge in [0.2, 0.25) is 0 Å². The smallest absolute Gasteiger partial charge is 0.119 e. The van der Waals surface area contributed by atoms with E-state index in [4.69, 9.17) is 9.47 Å².